The Bertz CT molecular complexity index is 760. The Hall–Kier alpha value is -2.83. The van der Waals surface area contributed by atoms with Gasteiger partial charge in [-0.2, -0.15) is 5.10 Å². The number of rotatable bonds is 5. The van der Waals surface area contributed by atoms with Crippen molar-refractivity contribution >= 4 is 17.6 Å². The fourth-order valence-electron chi connectivity index (χ4n) is 1.95. The van der Waals surface area contributed by atoms with Gasteiger partial charge in [0.05, 0.1) is 5.54 Å². The van der Waals surface area contributed by atoms with Crippen LogP contribution in [-0.2, 0) is 10.3 Å². The summed E-state index contributed by atoms with van der Waals surface area (Å²) in [5.41, 5.74) is 0.274. The number of ether oxygens (including phenoxy) is 1. The van der Waals surface area contributed by atoms with Gasteiger partial charge in [0, 0.05) is 31.9 Å². The number of aromatic nitrogens is 2. The number of carbonyl (C=O) groups is 2. The first kappa shape index (κ1) is 18.5. The minimum Gasteiger partial charge on any atom is -0.484 e. The summed E-state index contributed by atoms with van der Waals surface area (Å²) in [5, 5.41) is 7.11. The number of anilines is 1. The molecule has 1 N–H and O–H groups in total. The van der Waals surface area contributed by atoms with Gasteiger partial charge in [-0.05, 0) is 39.0 Å². The van der Waals surface area contributed by atoms with Gasteiger partial charge in [-0.25, -0.2) is 0 Å². The van der Waals surface area contributed by atoms with Crippen LogP contribution in [-0.4, -0.2) is 47.2 Å². The molecule has 0 spiro atoms. The maximum atomic E-state index is 12.4. The van der Waals surface area contributed by atoms with Crippen molar-refractivity contribution in [3.63, 3.8) is 0 Å². The van der Waals surface area contributed by atoms with E-state index in [1.165, 1.54) is 4.90 Å². The predicted octanol–water partition coefficient (Wildman–Crippen LogP) is 2.36. The highest BCUT2D eigenvalue weighted by Crippen LogP contribution is 2.17. The van der Waals surface area contributed by atoms with Crippen LogP contribution in [0.2, 0.25) is 0 Å². The third-order valence-corrected chi connectivity index (χ3v) is 3.48. The van der Waals surface area contributed by atoms with Gasteiger partial charge in [0.2, 0.25) is 0 Å². The minimum atomic E-state index is -0.288. The quantitative estimate of drug-likeness (QED) is 0.903. The maximum Gasteiger partial charge on any atom is 0.259 e. The van der Waals surface area contributed by atoms with E-state index in [9.17, 15) is 9.59 Å². The van der Waals surface area contributed by atoms with E-state index in [0.29, 0.717) is 17.1 Å². The molecular formula is C18H24N4O3. The van der Waals surface area contributed by atoms with Crippen molar-refractivity contribution in [1.82, 2.24) is 14.7 Å². The molecule has 1 aromatic carbocycles. The van der Waals surface area contributed by atoms with Crippen LogP contribution in [0, 0.1) is 0 Å². The van der Waals surface area contributed by atoms with Gasteiger partial charge < -0.3 is 15.0 Å². The summed E-state index contributed by atoms with van der Waals surface area (Å²) in [4.78, 5) is 25.4. The van der Waals surface area contributed by atoms with E-state index in [1.54, 1.807) is 49.1 Å². The Morgan fingerprint density at radius 3 is 2.56 bits per heavy atom. The average Bonchev–Trinajstić information content (AvgIpc) is 3.01. The van der Waals surface area contributed by atoms with Gasteiger partial charge >= 0.3 is 0 Å². The van der Waals surface area contributed by atoms with E-state index in [1.807, 2.05) is 27.0 Å². The zero-order valence-corrected chi connectivity index (χ0v) is 15.2. The van der Waals surface area contributed by atoms with Gasteiger partial charge in [-0.1, -0.05) is 6.07 Å². The molecule has 0 aliphatic carbocycles. The van der Waals surface area contributed by atoms with Crippen molar-refractivity contribution in [1.29, 1.82) is 0 Å². The second-order valence-electron chi connectivity index (χ2n) is 6.88. The van der Waals surface area contributed by atoms with Gasteiger partial charge in [0.25, 0.3) is 11.8 Å². The first-order valence-corrected chi connectivity index (χ1v) is 7.97. The van der Waals surface area contributed by atoms with Crippen LogP contribution < -0.4 is 10.1 Å². The Balaban J connectivity index is 2.03. The number of hydrogen-bond acceptors (Lipinski definition) is 4. The van der Waals surface area contributed by atoms with Crippen LogP contribution in [0.25, 0.3) is 0 Å². The molecule has 2 aromatic rings. The largest absolute Gasteiger partial charge is 0.484 e. The highest BCUT2D eigenvalue weighted by atomic mass is 16.5. The minimum absolute atomic E-state index is 0.0753. The standard InChI is InChI=1S/C18H24N4O3/c1-18(2,3)22-10-9-15(20-22)19-17(24)13-7-6-8-14(11-13)25-12-16(23)21(4)5/h6-11H,12H2,1-5H3,(H,19,20,24). The Kier molecular flexibility index (Phi) is 5.46. The molecule has 25 heavy (non-hydrogen) atoms. The Morgan fingerprint density at radius 2 is 1.96 bits per heavy atom. The van der Waals surface area contributed by atoms with Crippen LogP contribution in [0.4, 0.5) is 5.82 Å². The summed E-state index contributed by atoms with van der Waals surface area (Å²) in [6.07, 6.45) is 1.82. The predicted molar refractivity (Wildman–Crippen MR) is 95.8 cm³/mol. The van der Waals surface area contributed by atoms with E-state index in [4.69, 9.17) is 4.74 Å². The molecule has 0 radical (unpaired) electrons. The number of nitrogens with zero attached hydrogens (tertiary/aromatic N) is 3. The Morgan fingerprint density at radius 1 is 1.24 bits per heavy atom. The molecule has 7 nitrogen and oxygen atoms in total. The van der Waals surface area contributed by atoms with Crippen LogP contribution in [0.15, 0.2) is 36.5 Å². The summed E-state index contributed by atoms with van der Waals surface area (Å²) in [7, 11) is 3.32. The molecule has 0 bridgehead atoms. The van der Waals surface area contributed by atoms with Crippen LogP contribution in [0.1, 0.15) is 31.1 Å². The third-order valence-electron chi connectivity index (χ3n) is 3.48. The zero-order chi connectivity index (χ0) is 18.6. The molecule has 2 rings (SSSR count). The second kappa shape index (κ2) is 7.38. The van der Waals surface area contributed by atoms with Crippen molar-refractivity contribution in [2.45, 2.75) is 26.3 Å². The van der Waals surface area contributed by atoms with Crippen molar-refractivity contribution < 1.29 is 14.3 Å². The van der Waals surface area contributed by atoms with Crippen molar-refractivity contribution in [2.24, 2.45) is 0 Å². The van der Waals surface area contributed by atoms with E-state index >= 15 is 0 Å². The van der Waals surface area contributed by atoms with E-state index in [-0.39, 0.29) is 24.0 Å². The number of amides is 2. The summed E-state index contributed by atoms with van der Waals surface area (Å²) in [6.45, 7) is 6.01. The smallest absolute Gasteiger partial charge is 0.259 e. The van der Waals surface area contributed by atoms with E-state index in [2.05, 4.69) is 10.4 Å². The fourth-order valence-corrected chi connectivity index (χ4v) is 1.95. The zero-order valence-electron chi connectivity index (χ0n) is 15.2. The van der Waals surface area contributed by atoms with E-state index in [0.717, 1.165) is 0 Å². The first-order chi connectivity index (χ1) is 11.7. The lowest BCUT2D eigenvalue weighted by molar-refractivity contribution is -0.130. The SMILES string of the molecule is CN(C)C(=O)COc1cccc(C(=O)Nc2ccn(C(C)(C)C)n2)c1. The number of hydrogen-bond donors (Lipinski definition) is 1. The fraction of sp³-hybridized carbons (Fsp3) is 0.389. The van der Waals surface area contributed by atoms with Gasteiger partial charge in [-0.3, -0.25) is 14.3 Å². The molecule has 1 aromatic heterocycles. The molecule has 7 heteroatoms. The lowest BCUT2D eigenvalue weighted by Gasteiger charge is -2.18. The summed E-state index contributed by atoms with van der Waals surface area (Å²) in [6, 6.07) is 8.43. The van der Waals surface area contributed by atoms with Crippen molar-refractivity contribution in [3.05, 3.63) is 42.1 Å². The molecule has 0 atom stereocenters. The molecular weight excluding hydrogens is 320 g/mol. The molecule has 1 heterocycles. The summed E-state index contributed by atoms with van der Waals surface area (Å²) >= 11 is 0. The normalized spacial score (nSPS) is 11.1. The lowest BCUT2D eigenvalue weighted by atomic mass is 10.1. The first-order valence-electron chi connectivity index (χ1n) is 7.97. The molecule has 0 aliphatic heterocycles. The monoisotopic (exact) mass is 344 g/mol. The van der Waals surface area contributed by atoms with Gasteiger partial charge in [-0.15, -0.1) is 0 Å². The lowest BCUT2D eigenvalue weighted by Crippen LogP contribution is -2.27. The molecule has 0 fully saturated rings. The highest BCUT2D eigenvalue weighted by molar-refractivity contribution is 6.03. The van der Waals surface area contributed by atoms with E-state index < -0.39 is 0 Å². The number of benzene rings is 1. The molecule has 0 unspecified atom stereocenters. The number of likely N-dealkylation sites (N-methyl/N-ethyl adjacent to an activating group) is 1. The molecule has 0 aliphatic rings. The second-order valence-corrected chi connectivity index (χ2v) is 6.88. The topological polar surface area (TPSA) is 76.5 Å². The molecule has 134 valence electrons. The van der Waals surface area contributed by atoms with Crippen LogP contribution in [0.5, 0.6) is 5.75 Å². The van der Waals surface area contributed by atoms with Crippen LogP contribution >= 0.6 is 0 Å². The number of carbonyl (C=O) groups excluding carboxylic acids is 2. The maximum absolute atomic E-state index is 12.4. The van der Waals surface area contributed by atoms with Crippen molar-refractivity contribution in [2.75, 3.05) is 26.0 Å². The average molecular weight is 344 g/mol. The highest BCUT2D eigenvalue weighted by Gasteiger charge is 2.15. The number of nitrogens with one attached hydrogen (secondary N) is 1. The summed E-state index contributed by atoms with van der Waals surface area (Å²) < 4.78 is 7.21. The third kappa shape index (κ3) is 5.07. The van der Waals surface area contributed by atoms with Crippen molar-refractivity contribution in [3.8, 4) is 5.75 Å². The molecule has 0 saturated carbocycles. The summed E-state index contributed by atoms with van der Waals surface area (Å²) in [5.74, 6) is 0.503. The van der Waals surface area contributed by atoms with Gasteiger partial charge in [0.1, 0.15) is 5.75 Å². The van der Waals surface area contributed by atoms with Gasteiger partial charge in [0.15, 0.2) is 12.4 Å². The van der Waals surface area contributed by atoms with Crippen LogP contribution in [0.3, 0.4) is 0 Å². The Labute approximate surface area is 147 Å². The molecule has 0 saturated heterocycles. The molecule has 2 amide bonds.